The van der Waals surface area contributed by atoms with E-state index in [1.54, 1.807) is 18.2 Å². The molecule has 4 heteroatoms. The number of amides is 1. The van der Waals surface area contributed by atoms with Crippen LogP contribution < -0.4 is 5.73 Å². The topological polar surface area (TPSA) is 69.4 Å². The number of primary amides is 1. The molecule has 2 aromatic rings. The summed E-state index contributed by atoms with van der Waals surface area (Å²) in [5.74, 6) is -0.811. The maximum Gasteiger partial charge on any atom is 0.316 e. The maximum atomic E-state index is 12.4. The van der Waals surface area contributed by atoms with Crippen molar-refractivity contribution in [1.29, 1.82) is 0 Å². The smallest absolute Gasteiger partial charge is 0.316 e. The summed E-state index contributed by atoms with van der Waals surface area (Å²) in [7, 11) is 0. The molecule has 0 bridgehead atoms. The Bertz CT molecular complexity index is 731. The molecule has 0 heterocycles. The van der Waals surface area contributed by atoms with Gasteiger partial charge in [-0.25, -0.2) is 0 Å². The Morgan fingerprint density at radius 2 is 1.88 bits per heavy atom. The number of esters is 1. The summed E-state index contributed by atoms with van der Waals surface area (Å²) in [5, 5.41) is 0. The van der Waals surface area contributed by atoms with Gasteiger partial charge in [0.1, 0.15) is 6.61 Å². The van der Waals surface area contributed by atoms with Gasteiger partial charge in [0, 0.05) is 6.08 Å². The minimum atomic E-state index is -0.781. The molecule has 0 aliphatic carbocycles. The van der Waals surface area contributed by atoms with Gasteiger partial charge >= 0.3 is 5.97 Å². The molecule has 0 fully saturated rings. The largest absolute Gasteiger partial charge is 0.460 e. The van der Waals surface area contributed by atoms with Crippen LogP contribution in [-0.2, 0) is 26.3 Å². The molecule has 0 aromatic heterocycles. The van der Waals surface area contributed by atoms with Crippen molar-refractivity contribution in [1.82, 2.24) is 0 Å². The first-order chi connectivity index (χ1) is 11.4. The van der Waals surface area contributed by atoms with Crippen LogP contribution in [-0.4, -0.2) is 11.9 Å². The average Bonchev–Trinajstić information content (AvgIpc) is 2.59. The molecular formula is C20H19NO3. The third-order valence-electron chi connectivity index (χ3n) is 3.67. The number of carbonyl (C=O) groups excluding carboxylic acids is 2. The van der Waals surface area contributed by atoms with Crippen LogP contribution in [0.5, 0.6) is 0 Å². The van der Waals surface area contributed by atoms with Gasteiger partial charge in [0.15, 0.2) is 0 Å². The lowest BCUT2D eigenvalue weighted by atomic mass is 9.84. The number of rotatable bonds is 6. The summed E-state index contributed by atoms with van der Waals surface area (Å²) < 4.78 is 5.41. The van der Waals surface area contributed by atoms with Gasteiger partial charge in [-0.3, -0.25) is 9.59 Å². The first-order valence-corrected chi connectivity index (χ1v) is 7.51. The van der Waals surface area contributed by atoms with Crippen molar-refractivity contribution in [3.63, 3.8) is 0 Å². The molecular weight excluding hydrogens is 302 g/mol. The lowest BCUT2D eigenvalue weighted by Crippen LogP contribution is -2.31. The highest BCUT2D eigenvalue weighted by Crippen LogP contribution is 2.26. The highest BCUT2D eigenvalue weighted by atomic mass is 16.5. The Hall–Kier alpha value is -3.06. The minimum Gasteiger partial charge on any atom is -0.460 e. The van der Waals surface area contributed by atoms with Crippen molar-refractivity contribution in [3.05, 3.63) is 77.4 Å². The Morgan fingerprint density at radius 1 is 1.17 bits per heavy atom. The molecule has 0 saturated heterocycles. The van der Waals surface area contributed by atoms with E-state index < -0.39 is 11.3 Å². The highest BCUT2D eigenvalue weighted by molar-refractivity contribution is 5.90. The molecule has 2 aromatic carbocycles. The first kappa shape index (κ1) is 17.3. The predicted molar refractivity (Wildman–Crippen MR) is 91.6 cm³/mol. The van der Waals surface area contributed by atoms with E-state index in [0.717, 1.165) is 16.7 Å². The molecule has 1 amide bonds. The number of hydrogen-bond donors (Lipinski definition) is 1. The van der Waals surface area contributed by atoms with Crippen LogP contribution in [0.3, 0.4) is 0 Å². The molecule has 24 heavy (non-hydrogen) atoms. The quantitative estimate of drug-likeness (QED) is 0.657. The summed E-state index contributed by atoms with van der Waals surface area (Å²) >= 11 is 0. The predicted octanol–water partition coefficient (Wildman–Crippen LogP) is 2.81. The zero-order valence-electron chi connectivity index (χ0n) is 13.7. The molecule has 0 atom stereocenters. The third-order valence-corrected chi connectivity index (χ3v) is 3.67. The fraction of sp³-hybridized carbons (Fsp3) is 0.200. The Labute approximate surface area is 141 Å². The van der Waals surface area contributed by atoms with Crippen LogP contribution in [0.15, 0.2) is 48.5 Å². The van der Waals surface area contributed by atoms with E-state index in [1.807, 2.05) is 44.2 Å². The number of ether oxygens (including phenoxy) is 1. The Morgan fingerprint density at radius 3 is 2.46 bits per heavy atom. The van der Waals surface area contributed by atoms with Gasteiger partial charge in [-0.15, -0.1) is 0 Å². The summed E-state index contributed by atoms with van der Waals surface area (Å²) in [6, 6.07) is 18.3. The van der Waals surface area contributed by atoms with Gasteiger partial charge < -0.3 is 10.5 Å². The van der Waals surface area contributed by atoms with Crippen LogP contribution in [0.2, 0.25) is 0 Å². The number of nitrogens with two attached hydrogens (primary N) is 1. The van der Waals surface area contributed by atoms with E-state index >= 15 is 0 Å². The second-order valence-corrected chi connectivity index (χ2v) is 5.90. The van der Waals surface area contributed by atoms with Gasteiger partial charge in [0.05, 0.1) is 5.41 Å². The molecule has 2 rings (SSSR count). The van der Waals surface area contributed by atoms with E-state index in [0.29, 0.717) is 0 Å². The summed E-state index contributed by atoms with van der Waals surface area (Å²) in [5.41, 5.74) is 6.82. The van der Waals surface area contributed by atoms with Gasteiger partial charge in [-0.2, -0.15) is 0 Å². The van der Waals surface area contributed by atoms with Crippen LogP contribution >= 0.6 is 0 Å². The fourth-order valence-corrected chi connectivity index (χ4v) is 2.11. The molecule has 0 aliphatic heterocycles. The molecule has 122 valence electrons. The van der Waals surface area contributed by atoms with E-state index in [9.17, 15) is 9.59 Å². The first-order valence-electron chi connectivity index (χ1n) is 7.51. The van der Waals surface area contributed by atoms with Crippen LogP contribution in [0, 0.1) is 12.1 Å². The monoisotopic (exact) mass is 321 g/mol. The Kier molecular flexibility index (Phi) is 5.39. The fourth-order valence-electron chi connectivity index (χ4n) is 2.11. The second kappa shape index (κ2) is 7.47. The standard InChI is InChI=1S/C20H19NO3/c1-20(2,19(23)24-14-16-6-4-3-5-7-16)17-11-8-15(9-12-17)10-13-18(21)22/h4,6-13H,14H2,1-2H3,(H2,21,22)/b13-10+. The van der Waals surface area contributed by atoms with Crippen molar-refractivity contribution in [3.8, 4) is 0 Å². The van der Waals surface area contributed by atoms with E-state index in [2.05, 4.69) is 12.1 Å². The van der Waals surface area contributed by atoms with Crippen LogP contribution in [0.4, 0.5) is 0 Å². The molecule has 2 N–H and O–H groups in total. The lowest BCUT2D eigenvalue weighted by Gasteiger charge is -2.23. The zero-order valence-corrected chi connectivity index (χ0v) is 13.7. The summed E-state index contributed by atoms with van der Waals surface area (Å²) in [6.45, 7) is 3.83. The highest BCUT2D eigenvalue weighted by Gasteiger charge is 2.31. The Balaban J connectivity index is 2.05. The SMILES string of the molecule is CC(C)(C(=O)OCc1cc#ccc1)c1ccc(/C=C/C(N)=O)cc1. The minimum absolute atomic E-state index is 0.201. The van der Waals surface area contributed by atoms with E-state index in [4.69, 9.17) is 10.5 Å². The maximum absolute atomic E-state index is 12.4. The lowest BCUT2D eigenvalue weighted by molar-refractivity contribution is -0.150. The van der Waals surface area contributed by atoms with E-state index in [1.165, 1.54) is 6.08 Å². The molecule has 0 radical (unpaired) electrons. The van der Waals surface area contributed by atoms with Crippen LogP contribution in [0.1, 0.15) is 30.5 Å². The normalized spacial score (nSPS) is 11.1. The van der Waals surface area contributed by atoms with Crippen molar-refractivity contribution in [2.45, 2.75) is 25.9 Å². The number of carbonyl (C=O) groups is 2. The number of benzene rings is 1. The van der Waals surface area contributed by atoms with Gasteiger partial charge in [-0.1, -0.05) is 36.4 Å². The van der Waals surface area contributed by atoms with Crippen molar-refractivity contribution in [2.24, 2.45) is 5.73 Å². The third kappa shape index (κ3) is 4.47. The van der Waals surface area contributed by atoms with E-state index in [-0.39, 0.29) is 12.6 Å². The van der Waals surface area contributed by atoms with Gasteiger partial charge in [-0.05, 0) is 54.8 Å². The van der Waals surface area contributed by atoms with Crippen molar-refractivity contribution < 1.29 is 14.3 Å². The zero-order chi connectivity index (χ0) is 17.6. The molecule has 0 saturated carbocycles. The van der Waals surface area contributed by atoms with Gasteiger partial charge in [0.25, 0.3) is 0 Å². The number of hydrogen-bond acceptors (Lipinski definition) is 3. The van der Waals surface area contributed by atoms with Crippen molar-refractivity contribution in [2.75, 3.05) is 0 Å². The molecule has 0 aliphatic rings. The van der Waals surface area contributed by atoms with Crippen molar-refractivity contribution >= 4 is 18.0 Å². The van der Waals surface area contributed by atoms with Crippen LogP contribution in [0.25, 0.3) is 6.08 Å². The molecule has 0 spiro atoms. The second-order valence-electron chi connectivity index (χ2n) is 5.90. The molecule has 4 nitrogen and oxygen atoms in total. The summed E-state index contributed by atoms with van der Waals surface area (Å²) in [4.78, 5) is 23.2. The summed E-state index contributed by atoms with van der Waals surface area (Å²) in [6.07, 6.45) is 2.92. The molecule has 0 unspecified atom stereocenters. The average molecular weight is 321 g/mol. The van der Waals surface area contributed by atoms with Gasteiger partial charge in [0.2, 0.25) is 5.91 Å².